The molecule has 1 fully saturated rings. The number of nitrogens with one attached hydrogen (secondary N) is 3. The Balaban J connectivity index is 1.52. The molecule has 0 aliphatic carbocycles. The number of carbonyl (C=O) groups excluding carboxylic acids is 3. The highest BCUT2D eigenvalue weighted by atomic mass is 35.5. The van der Waals surface area contributed by atoms with Crippen LogP contribution >= 0.6 is 11.6 Å². The van der Waals surface area contributed by atoms with E-state index in [1.54, 1.807) is 41.3 Å². The third kappa shape index (κ3) is 6.68. The maximum Gasteiger partial charge on any atom is 0.321 e. The summed E-state index contributed by atoms with van der Waals surface area (Å²) < 4.78 is 13.1. The van der Waals surface area contributed by atoms with Gasteiger partial charge in [0.05, 0.1) is 10.7 Å². The lowest BCUT2D eigenvalue weighted by Gasteiger charge is -2.33. The Morgan fingerprint density at radius 3 is 2.38 bits per heavy atom. The van der Waals surface area contributed by atoms with Crippen LogP contribution in [0, 0.1) is 5.82 Å². The number of nitrogens with zero attached hydrogens (tertiary/aromatic N) is 1. The average Bonchev–Trinajstić information content (AvgIpc) is 2.76. The van der Waals surface area contributed by atoms with E-state index in [-0.39, 0.29) is 36.1 Å². The Labute approximate surface area is 191 Å². The van der Waals surface area contributed by atoms with Gasteiger partial charge in [0.15, 0.2) is 0 Å². The van der Waals surface area contributed by atoms with Crippen LogP contribution in [-0.2, 0) is 16.0 Å². The summed E-state index contributed by atoms with van der Waals surface area (Å²) in [5, 5.41) is 8.89. The molecule has 4 amide bonds. The molecule has 1 saturated heterocycles. The van der Waals surface area contributed by atoms with Crippen molar-refractivity contribution in [3.8, 4) is 0 Å². The minimum atomic E-state index is -0.764. The lowest BCUT2D eigenvalue weighted by Crippen LogP contribution is -2.53. The summed E-state index contributed by atoms with van der Waals surface area (Å²) >= 11 is 6.09. The second-order valence-corrected chi connectivity index (χ2v) is 8.17. The fourth-order valence-corrected chi connectivity index (χ4v) is 3.78. The standard InChI is InChI=1S/C23H26ClFN4O3/c1-15(30)26-21(14-16-6-8-17(25)9-7-16)22(31)27-18-10-12-29(13-11-18)23(32)28-20-5-3-2-4-19(20)24/h2-9,18,21H,10-14H2,1H3,(H,26,30)(H,27,31)(H,28,32)/t21-/m1/s1. The zero-order chi connectivity index (χ0) is 23.1. The van der Waals surface area contributed by atoms with Crippen LogP contribution in [0.5, 0.6) is 0 Å². The van der Waals surface area contributed by atoms with E-state index in [1.807, 2.05) is 0 Å². The Hall–Kier alpha value is -3.13. The number of carbonyl (C=O) groups is 3. The molecule has 1 aliphatic heterocycles. The van der Waals surface area contributed by atoms with Gasteiger partial charge < -0.3 is 20.9 Å². The van der Waals surface area contributed by atoms with Crippen molar-refractivity contribution in [1.29, 1.82) is 0 Å². The van der Waals surface area contributed by atoms with Crippen LogP contribution in [-0.4, -0.2) is 47.9 Å². The van der Waals surface area contributed by atoms with E-state index >= 15 is 0 Å². The smallest absolute Gasteiger partial charge is 0.321 e. The Kier molecular flexibility index (Phi) is 8.05. The van der Waals surface area contributed by atoms with Gasteiger partial charge in [-0.2, -0.15) is 0 Å². The average molecular weight is 461 g/mol. The minimum Gasteiger partial charge on any atom is -0.351 e. The number of benzene rings is 2. The van der Waals surface area contributed by atoms with Gasteiger partial charge in [-0.1, -0.05) is 35.9 Å². The predicted molar refractivity (Wildman–Crippen MR) is 121 cm³/mol. The molecule has 0 radical (unpaired) electrons. The fourth-order valence-electron chi connectivity index (χ4n) is 3.60. The molecule has 170 valence electrons. The molecule has 0 aromatic heterocycles. The zero-order valence-electron chi connectivity index (χ0n) is 17.7. The fraction of sp³-hybridized carbons (Fsp3) is 0.348. The molecule has 0 spiro atoms. The SMILES string of the molecule is CC(=O)N[C@H](Cc1ccc(F)cc1)C(=O)NC1CCN(C(=O)Nc2ccccc2Cl)CC1. The molecule has 0 unspecified atom stereocenters. The van der Waals surface area contributed by atoms with E-state index in [4.69, 9.17) is 11.6 Å². The Morgan fingerprint density at radius 1 is 1.09 bits per heavy atom. The van der Waals surface area contributed by atoms with Crippen molar-refractivity contribution in [1.82, 2.24) is 15.5 Å². The maximum absolute atomic E-state index is 13.1. The summed E-state index contributed by atoms with van der Waals surface area (Å²) in [4.78, 5) is 38.6. The molecular weight excluding hydrogens is 435 g/mol. The quantitative estimate of drug-likeness (QED) is 0.617. The first-order valence-electron chi connectivity index (χ1n) is 10.4. The molecule has 2 aromatic carbocycles. The van der Waals surface area contributed by atoms with Crippen molar-refractivity contribution >= 4 is 35.1 Å². The predicted octanol–water partition coefficient (Wildman–Crippen LogP) is 3.34. The summed E-state index contributed by atoms with van der Waals surface area (Å²) in [6.07, 6.45) is 1.43. The third-order valence-corrected chi connectivity index (χ3v) is 5.62. The van der Waals surface area contributed by atoms with Crippen molar-refractivity contribution in [2.24, 2.45) is 0 Å². The van der Waals surface area contributed by atoms with Crippen molar-refractivity contribution < 1.29 is 18.8 Å². The van der Waals surface area contributed by atoms with Crippen LogP contribution in [0.4, 0.5) is 14.9 Å². The highest BCUT2D eigenvalue weighted by Gasteiger charge is 2.27. The first-order chi connectivity index (χ1) is 15.3. The number of para-hydroxylation sites is 1. The van der Waals surface area contributed by atoms with Crippen LogP contribution in [0.25, 0.3) is 0 Å². The molecule has 0 saturated carbocycles. The van der Waals surface area contributed by atoms with Gasteiger partial charge in [0, 0.05) is 32.5 Å². The Morgan fingerprint density at radius 2 is 1.75 bits per heavy atom. The highest BCUT2D eigenvalue weighted by molar-refractivity contribution is 6.33. The van der Waals surface area contributed by atoms with Gasteiger partial charge in [-0.05, 0) is 42.7 Å². The summed E-state index contributed by atoms with van der Waals surface area (Å²) in [6.45, 7) is 2.30. The number of rotatable bonds is 6. The number of hydrogen-bond donors (Lipinski definition) is 3. The highest BCUT2D eigenvalue weighted by Crippen LogP contribution is 2.21. The topological polar surface area (TPSA) is 90.5 Å². The van der Waals surface area contributed by atoms with Gasteiger partial charge in [-0.3, -0.25) is 9.59 Å². The van der Waals surface area contributed by atoms with Crippen molar-refractivity contribution in [3.63, 3.8) is 0 Å². The van der Waals surface area contributed by atoms with Crippen molar-refractivity contribution in [2.75, 3.05) is 18.4 Å². The van der Waals surface area contributed by atoms with E-state index in [1.165, 1.54) is 19.1 Å². The van der Waals surface area contributed by atoms with E-state index < -0.39 is 6.04 Å². The van der Waals surface area contributed by atoms with Crippen LogP contribution in [0.3, 0.4) is 0 Å². The van der Waals surface area contributed by atoms with E-state index in [0.717, 1.165) is 5.56 Å². The van der Waals surface area contributed by atoms with Crippen molar-refractivity contribution in [2.45, 2.75) is 38.3 Å². The van der Waals surface area contributed by atoms with Gasteiger partial charge in [-0.25, -0.2) is 9.18 Å². The monoisotopic (exact) mass is 460 g/mol. The number of anilines is 1. The normalized spacial score (nSPS) is 15.0. The van der Waals surface area contributed by atoms with Crippen LogP contribution in [0.15, 0.2) is 48.5 Å². The van der Waals surface area contributed by atoms with Gasteiger partial charge in [-0.15, -0.1) is 0 Å². The molecule has 1 heterocycles. The van der Waals surface area contributed by atoms with E-state index in [9.17, 15) is 18.8 Å². The Bertz CT molecular complexity index is 962. The molecule has 2 aromatic rings. The number of piperidine rings is 1. The second kappa shape index (κ2) is 10.9. The number of hydrogen-bond acceptors (Lipinski definition) is 3. The van der Waals surface area contributed by atoms with Crippen LogP contribution in [0.2, 0.25) is 5.02 Å². The lowest BCUT2D eigenvalue weighted by molar-refractivity contribution is -0.128. The molecule has 1 aliphatic rings. The molecule has 9 heteroatoms. The molecule has 32 heavy (non-hydrogen) atoms. The maximum atomic E-state index is 13.1. The van der Waals surface area contributed by atoms with Gasteiger partial charge >= 0.3 is 6.03 Å². The number of urea groups is 1. The number of halogens is 2. The summed E-state index contributed by atoms with van der Waals surface area (Å²) in [6, 6.07) is 11.7. The summed E-state index contributed by atoms with van der Waals surface area (Å²) in [7, 11) is 0. The summed E-state index contributed by atoms with van der Waals surface area (Å²) in [5.74, 6) is -0.985. The summed E-state index contributed by atoms with van der Waals surface area (Å²) in [5.41, 5.74) is 1.29. The van der Waals surface area contributed by atoms with Gasteiger partial charge in [0.1, 0.15) is 11.9 Å². The molecule has 7 nitrogen and oxygen atoms in total. The first kappa shape index (κ1) is 23.5. The second-order valence-electron chi connectivity index (χ2n) is 7.76. The first-order valence-corrected chi connectivity index (χ1v) is 10.8. The lowest BCUT2D eigenvalue weighted by atomic mass is 10.0. The molecule has 3 rings (SSSR count). The molecule has 3 N–H and O–H groups in total. The van der Waals surface area contributed by atoms with E-state index in [0.29, 0.717) is 36.6 Å². The largest absolute Gasteiger partial charge is 0.351 e. The molecular formula is C23H26ClFN4O3. The third-order valence-electron chi connectivity index (χ3n) is 5.29. The van der Waals surface area contributed by atoms with Crippen LogP contribution < -0.4 is 16.0 Å². The molecule has 1 atom stereocenters. The van der Waals surface area contributed by atoms with Gasteiger partial charge in [0.25, 0.3) is 0 Å². The van der Waals surface area contributed by atoms with E-state index in [2.05, 4.69) is 16.0 Å². The minimum absolute atomic E-state index is 0.115. The number of amides is 4. The number of likely N-dealkylation sites (tertiary alicyclic amines) is 1. The van der Waals surface area contributed by atoms with Gasteiger partial charge in [0.2, 0.25) is 11.8 Å². The molecule has 0 bridgehead atoms. The van der Waals surface area contributed by atoms with Crippen molar-refractivity contribution in [3.05, 3.63) is 64.9 Å². The zero-order valence-corrected chi connectivity index (χ0v) is 18.5. The van der Waals surface area contributed by atoms with Crippen LogP contribution in [0.1, 0.15) is 25.3 Å².